The number of furan rings is 1. The molecular weight excluding hydrogens is 276 g/mol. The molecule has 0 bridgehead atoms. The first-order chi connectivity index (χ1) is 10.5. The van der Waals surface area contributed by atoms with Crippen molar-refractivity contribution in [3.05, 3.63) is 84.4 Å². The minimum absolute atomic E-state index is 0.348. The topological polar surface area (TPSA) is 39.4 Å². The summed E-state index contributed by atoms with van der Waals surface area (Å²) in [6, 6.07) is 11.4. The number of hydrogen-bond acceptors (Lipinski definition) is 3. The van der Waals surface area contributed by atoms with Crippen molar-refractivity contribution in [3.63, 3.8) is 0 Å². The smallest absolute Gasteiger partial charge is 0.334 e. The molecule has 22 heavy (non-hydrogen) atoms. The first kappa shape index (κ1) is 15.8. The van der Waals surface area contributed by atoms with Gasteiger partial charge in [0.25, 0.3) is 0 Å². The molecule has 2 aromatic rings. The molecule has 1 heterocycles. The second-order valence-electron chi connectivity index (χ2n) is 5.37. The van der Waals surface area contributed by atoms with Crippen molar-refractivity contribution in [2.75, 3.05) is 0 Å². The lowest BCUT2D eigenvalue weighted by Gasteiger charge is -2.28. The van der Waals surface area contributed by atoms with Crippen LogP contribution in [0.2, 0.25) is 0 Å². The molecule has 1 unspecified atom stereocenters. The van der Waals surface area contributed by atoms with Crippen LogP contribution in [0.1, 0.15) is 30.7 Å². The van der Waals surface area contributed by atoms with Crippen LogP contribution >= 0.6 is 0 Å². The molecule has 0 N–H and O–H groups in total. The van der Waals surface area contributed by atoms with Gasteiger partial charge in [-0.15, -0.1) is 6.58 Å². The van der Waals surface area contributed by atoms with Crippen molar-refractivity contribution >= 4 is 5.97 Å². The molecule has 0 aliphatic rings. The minimum atomic E-state index is -0.994. The predicted molar refractivity (Wildman–Crippen MR) is 86.4 cm³/mol. The van der Waals surface area contributed by atoms with E-state index in [1.54, 1.807) is 25.3 Å². The van der Waals surface area contributed by atoms with Crippen molar-refractivity contribution in [3.8, 4) is 0 Å². The molecule has 0 aliphatic heterocycles. The number of hydrogen-bond donors (Lipinski definition) is 0. The SMILES string of the molecule is C=CCc1ccc(C(C)(OC(=O)C(=C)C)c2ccco2)cc1. The first-order valence-electron chi connectivity index (χ1n) is 7.10. The zero-order chi connectivity index (χ0) is 16.2. The molecule has 0 spiro atoms. The Kier molecular flexibility index (Phi) is 4.66. The second kappa shape index (κ2) is 6.48. The van der Waals surface area contributed by atoms with Crippen molar-refractivity contribution in [1.82, 2.24) is 0 Å². The van der Waals surface area contributed by atoms with Crippen LogP contribution in [-0.2, 0) is 21.6 Å². The number of rotatable bonds is 6. The number of ether oxygens (including phenoxy) is 1. The monoisotopic (exact) mass is 296 g/mol. The second-order valence-corrected chi connectivity index (χ2v) is 5.37. The molecule has 114 valence electrons. The minimum Gasteiger partial charge on any atom is -0.465 e. The van der Waals surface area contributed by atoms with Gasteiger partial charge in [0.1, 0.15) is 0 Å². The van der Waals surface area contributed by atoms with E-state index in [-0.39, 0.29) is 0 Å². The highest BCUT2D eigenvalue weighted by atomic mass is 16.6. The molecule has 1 atom stereocenters. The molecule has 0 fully saturated rings. The van der Waals surface area contributed by atoms with Crippen LogP contribution in [0, 0.1) is 0 Å². The van der Waals surface area contributed by atoms with Crippen LogP contribution in [0.25, 0.3) is 0 Å². The Hall–Kier alpha value is -2.55. The predicted octanol–water partition coefficient (Wildman–Crippen LogP) is 4.39. The van der Waals surface area contributed by atoms with E-state index >= 15 is 0 Å². The van der Waals surface area contributed by atoms with E-state index < -0.39 is 11.6 Å². The number of carbonyl (C=O) groups excluding carboxylic acids is 1. The average Bonchev–Trinajstić information content (AvgIpc) is 3.03. The fraction of sp³-hybridized carbons (Fsp3) is 0.211. The van der Waals surface area contributed by atoms with Gasteiger partial charge in [-0.1, -0.05) is 36.9 Å². The Balaban J connectivity index is 2.42. The Morgan fingerprint density at radius 1 is 1.32 bits per heavy atom. The standard InChI is InChI=1S/C19H20O3/c1-5-7-15-9-11-16(12-10-15)19(4,17-8-6-13-21-17)22-18(20)14(2)3/h5-6,8-13H,1-2,7H2,3-4H3. The Bertz CT molecular complexity index is 665. The lowest BCUT2D eigenvalue weighted by Crippen LogP contribution is -2.30. The van der Waals surface area contributed by atoms with Gasteiger partial charge in [-0.25, -0.2) is 4.79 Å². The number of carbonyl (C=O) groups is 1. The van der Waals surface area contributed by atoms with Crippen LogP contribution in [0.3, 0.4) is 0 Å². The van der Waals surface area contributed by atoms with E-state index in [1.165, 1.54) is 0 Å². The van der Waals surface area contributed by atoms with Crippen molar-refractivity contribution in [2.24, 2.45) is 0 Å². The highest BCUT2D eigenvalue weighted by molar-refractivity contribution is 5.87. The van der Waals surface area contributed by atoms with Crippen LogP contribution in [0.5, 0.6) is 0 Å². The molecular formula is C19H20O3. The fourth-order valence-electron chi connectivity index (χ4n) is 2.20. The molecule has 1 aromatic heterocycles. The molecule has 0 radical (unpaired) electrons. The van der Waals surface area contributed by atoms with Gasteiger partial charge in [-0.05, 0) is 38.0 Å². The summed E-state index contributed by atoms with van der Waals surface area (Å²) in [5.41, 5.74) is 1.34. The van der Waals surface area contributed by atoms with E-state index in [9.17, 15) is 4.79 Å². The first-order valence-corrected chi connectivity index (χ1v) is 7.10. The Labute approximate surface area is 130 Å². The zero-order valence-corrected chi connectivity index (χ0v) is 13.0. The summed E-state index contributed by atoms with van der Waals surface area (Å²) in [5.74, 6) is 0.118. The van der Waals surface area contributed by atoms with Gasteiger partial charge in [0.05, 0.1) is 6.26 Å². The van der Waals surface area contributed by atoms with Crippen LogP contribution < -0.4 is 0 Å². The summed E-state index contributed by atoms with van der Waals surface area (Å²) in [4.78, 5) is 12.0. The molecule has 0 amide bonds. The number of allylic oxidation sites excluding steroid dienone is 1. The van der Waals surface area contributed by atoms with Gasteiger partial charge in [0, 0.05) is 11.1 Å². The van der Waals surface area contributed by atoms with Gasteiger partial charge in [-0.3, -0.25) is 0 Å². The van der Waals surface area contributed by atoms with E-state index in [2.05, 4.69) is 13.2 Å². The lowest BCUT2D eigenvalue weighted by atomic mass is 9.91. The van der Waals surface area contributed by atoms with Gasteiger partial charge in [-0.2, -0.15) is 0 Å². The molecule has 1 aromatic carbocycles. The highest BCUT2D eigenvalue weighted by Gasteiger charge is 2.36. The summed E-state index contributed by atoms with van der Waals surface area (Å²) in [6.07, 6.45) is 4.21. The largest absolute Gasteiger partial charge is 0.465 e. The Morgan fingerprint density at radius 3 is 2.50 bits per heavy atom. The van der Waals surface area contributed by atoms with Crippen molar-refractivity contribution < 1.29 is 13.9 Å². The van der Waals surface area contributed by atoms with Crippen LogP contribution in [0.15, 0.2) is 71.9 Å². The number of benzene rings is 1. The van der Waals surface area contributed by atoms with Crippen molar-refractivity contribution in [1.29, 1.82) is 0 Å². The Morgan fingerprint density at radius 2 is 2.00 bits per heavy atom. The van der Waals surface area contributed by atoms with Gasteiger partial charge in [0.2, 0.25) is 0 Å². The molecule has 0 aliphatic carbocycles. The van der Waals surface area contributed by atoms with Crippen LogP contribution in [-0.4, -0.2) is 5.97 Å². The molecule has 3 nitrogen and oxygen atoms in total. The van der Waals surface area contributed by atoms with Gasteiger partial charge < -0.3 is 9.15 Å². The lowest BCUT2D eigenvalue weighted by molar-refractivity contribution is -0.151. The highest BCUT2D eigenvalue weighted by Crippen LogP contribution is 2.34. The maximum atomic E-state index is 12.0. The van der Waals surface area contributed by atoms with E-state index in [0.717, 1.165) is 17.5 Å². The third kappa shape index (κ3) is 3.19. The van der Waals surface area contributed by atoms with E-state index in [0.29, 0.717) is 11.3 Å². The van der Waals surface area contributed by atoms with Gasteiger partial charge in [0.15, 0.2) is 11.4 Å². The quantitative estimate of drug-likeness (QED) is 0.451. The van der Waals surface area contributed by atoms with Crippen LogP contribution in [0.4, 0.5) is 0 Å². The average molecular weight is 296 g/mol. The summed E-state index contributed by atoms with van der Waals surface area (Å²) in [5, 5.41) is 0. The normalized spacial score (nSPS) is 13.2. The van der Waals surface area contributed by atoms with E-state index in [1.807, 2.05) is 37.3 Å². The third-order valence-corrected chi connectivity index (χ3v) is 3.52. The molecule has 2 rings (SSSR count). The summed E-state index contributed by atoms with van der Waals surface area (Å²) in [6.45, 7) is 10.8. The van der Waals surface area contributed by atoms with Gasteiger partial charge >= 0.3 is 5.97 Å². The molecule has 0 saturated heterocycles. The zero-order valence-electron chi connectivity index (χ0n) is 13.0. The van der Waals surface area contributed by atoms with Crippen molar-refractivity contribution in [2.45, 2.75) is 25.9 Å². The summed E-state index contributed by atoms with van der Waals surface area (Å²) >= 11 is 0. The molecule has 3 heteroatoms. The summed E-state index contributed by atoms with van der Waals surface area (Å²) in [7, 11) is 0. The summed E-state index contributed by atoms with van der Waals surface area (Å²) < 4.78 is 11.2. The molecule has 0 saturated carbocycles. The fourth-order valence-corrected chi connectivity index (χ4v) is 2.20. The number of esters is 1. The maximum absolute atomic E-state index is 12.0. The van der Waals surface area contributed by atoms with E-state index in [4.69, 9.17) is 9.15 Å². The maximum Gasteiger partial charge on any atom is 0.334 e. The third-order valence-electron chi connectivity index (χ3n) is 3.52.